The second-order valence-electron chi connectivity index (χ2n) is 7.37. The van der Waals surface area contributed by atoms with Crippen LogP contribution in [0.15, 0.2) is 59.6 Å². The molecule has 2 heterocycles. The zero-order chi connectivity index (χ0) is 22.0. The van der Waals surface area contributed by atoms with Crippen molar-refractivity contribution in [1.29, 1.82) is 0 Å². The van der Waals surface area contributed by atoms with E-state index in [2.05, 4.69) is 4.98 Å². The third-order valence-corrected chi connectivity index (χ3v) is 7.38. The summed E-state index contributed by atoms with van der Waals surface area (Å²) in [5.74, 6) is 0.368. The molecule has 3 aromatic rings. The molecule has 1 amide bonds. The largest absolute Gasteiger partial charge is 0.484 e. The molecular weight excluding hydrogens is 438 g/mol. The molecule has 31 heavy (non-hydrogen) atoms. The zero-order valence-corrected chi connectivity index (χ0v) is 18.6. The van der Waals surface area contributed by atoms with E-state index < -0.39 is 10.0 Å². The maximum Gasteiger partial charge on any atom is 0.260 e. The molecule has 0 aliphatic carbocycles. The van der Waals surface area contributed by atoms with Gasteiger partial charge in [-0.15, -0.1) is 0 Å². The predicted octanol–water partition coefficient (Wildman–Crippen LogP) is 3.11. The van der Waals surface area contributed by atoms with Crippen LogP contribution in [0, 0.1) is 6.92 Å². The van der Waals surface area contributed by atoms with Gasteiger partial charge in [0.2, 0.25) is 10.0 Å². The van der Waals surface area contributed by atoms with Crippen molar-refractivity contribution < 1.29 is 17.9 Å². The van der Waals surface area contributed by atoms with Crippen LogP contribution in [0.5, 0.6) is 5.75 Å². The molecule has 0 spiro atoms. The van der Waals surface area contributed by atoms with Crippen molar-refractivity contribution >= 4 is 38.4 Å². The highest BCUT2D eigenvalue weighted by molar-refractivity contribution is 7.89. The number of carbonyl (C=O) groups is 1. The number of amides is 1. The summed E-state index contributed by atoms with van der Waals surface area (Å²) < 4.78 is 33.4. The molecule has 0 unspecified atom stereocenters. The first-order valence-electron chi connectivity index (χ1n) is 9.86. The molecule has 7 nitrogen and oxygen atoms in total. The second-order valence-corrected chi connectivity index (χ2v) is 9.71. The van der Waals surface area contributed by atoms with Gasteiger partial charge in [0.15, 0.2) is 6.61 Å². The number of aryl methyl sites for hydroxylation is 1. The molecule has 0 saturated carbocycles. The van der Waals surface area contributed by atoms with Gasteiger partial charge in [-0.1, -0.05) is 23.7 Å². The summed E-state index contributed by atoms with van der Waals surface area (Å²) in [5, 5.41) is 1.38. The van der Waals surface area contributed by atoms with E-state index in [4.69, 9.17) is 16.3 Å². The van der Waals surface area contributed by atoms with Gasteiger partial charge in [-0.2, -0.15) is 4.31 Å². The topological polar surface area (TPSA) is 79.8 Å². The van der Waals surface area contributed by atoms with E-state index in [-0.39, 0.29) is 30.5 Å². The van der Waals surface area contributed by atoms with E-state index in [1.54, 1.807) is 47.5 Å². The summed E-state index contributed by atoms with van der Waals surface area (Å²) in [5.41, 5.74) is 1.43. The van der Waals surface area contributed by atoms with Crippen LogP contribution < -0.4 is 4.74 Å². The van der Waals surface area contributed by atoms with Crippen molar-refractivity contribution in [2.45, 2.75) is 11.8 Å². The molecule has 0 radical (unpaired) electrons. The first kappa shape index (κ1) is 21.5. The number of fused-ring (bicyclic) bond motifs is 1. The average molecular weight is 460 g/mol. The second kappa shape index (κ2) is 8.82. The number of nitrogens with zero attached hydrogens (tertiary/aromatic N) is 3. The highest BCUT2D eigenvalue weighted by Gasteiger charge is 2.31. The molecule has 0 N–H and O–H groups in total. The number of halogens is 1. The number of piperazine rings is 1. The van der Waals surface area contributed by atoms with Gasteiger partial charge in [0.1, 0.15) is 10.6 Å². The molecule has 1 saturated heterocycles. The number of rotatable bonds is 5. The van der Waals surface area contributed by atoms with Crippen molar-refractivity contribution in [2.75, 3.05) is 32.8 Å². The number of aromatic nitrogens is 1. The SMILES string of the molecule is Cc1cnc2c(S(=O)(=O)N3CCN(C(=O)COc4ccc(Cl)cc4)CC3)cccc2c1. The Morgan fingerprint density at radius 2 is 1.81 bits per heavy atom. The highest BCUT2D eigenvalue weighted by atomic mass is 35.5. The van der Waals surface area contributed by atoms with Crippen LogP contribution in [0.2, 0.25) is 5.02 Å². The number of benzene rings is 2. The van der Waals surface area contributed by atoms with Gasteiger partial charge >= 0.3 is 0 Å². The Kier molecular flexibility index (Phi) is 6.13. The number of carbonyl (C=O) groups excluding carboxylic acids is 1. The fourth-order valence-corrected chi connectivity index (χ4v) is 5.25. The van der Waals surface area contributed by atoms with Crippen molar-refractivity contribution in [3.63, 3.8) is 0 Å². The third kappa shape index (κ3) is 4.66. The minimum absolute atomic E-state index is 0.110. The lowest BCUT2D eigenvalue weighted by Crippen LogP contribution is -2.51. The standard InChI is InChI=1S/C22H22ClN3O4S/c1-16-13-17-3-2-4-20(22(17)24-14-16)31(28,29)26-11-9-25(10-12-26)21(27)15-30-19-7-5-18(23)6-8-19/h2-8,13-14H,9-12,15H2,1H3. The van der Waals surface area contributed by atoms with Crippen LogP contribution in [0.1, 0.15) is 5.56 Å². The van der Waals surface area contributed by atoms with Gasteiger partial charge in [-0.3, -0.25) is 9.78 Å². The molecule has 9 heteroatoms. The number of ether oxygens (including phenoxy) is 1. The molecule has 1 aromatic heterocycles. The molecule has 0 atom stereocenters. The number of sulfonamides is 1. The van der Waals surface area contributed by atoms with E-state index in [1.807, 2.05) is 19.1 Å². The quantitative estimate of drug-likeness (QED) is 0.585. The third-order valence-electron chi connectivity index (χ3n) is 5.20. The summed E-state index contributed by atoms with van der Waals surface area (Å²) in [7, 11) is -3.72. The van der Waals surface area contributed by atoms with Gasteiger partial charge in [0.05, 0.1) is 5.52 Å². The molecular formula is C22H22ClN3O4S. The number of para-hydroxylation sites is 1. The molecule has 1 fully saturated rings. The fourth-order valence-electron chi connectivity index (χ4n) is 3.54. The Bertz CT molecular complexity index is 1210. The lowest BCUT2D eigenvalue weighted by Gasteiger charge is -2.34. The number of hydrogen-bond donors (Lipinski definition) is 0. The minimum atomic E-state index is -3.72. The lowest BCUT2D eigenvalue weighted by molar-refractivity contribution is -0.134. The molecule has 1 aliphatic heterocycles. The Balaban J connectivity index is 1.41. The smallest absolute Gasteiger partial charge is 0.260 e. The summed E-state index contributed by atoms with van der Waals surface area (Å²) in [6.07, 6.45) is 1.67. The fraction of sp³-hybridized carbons (Fsp3) is 0.273. The van der Waals surface area contributed by atoms with E-state index in [0.29, 0.717) is 29.4 Å². The van der Waals surface area contributed by atoms with E-state index in [1.165, 1.54) is 4.31 Å². The Hall–Kier alpha value is -2.68. The average Bonchev–Trinajstić information content (AvgIpc) is 2.78. The summed E-state index contributed by atoms with van der Waals surface area (Å²) in [6.45, 7) is 2.86. The van der Waals surface area contributed by atoms with Gasteiger partial charge in [-0.05, 0) is 48.9 Å². The van der Waals surface area contributed by atoms with Crippen molar-refractivity contribution in [1.82, 2.24) is 14.2 Å². The van der Waals surface area contributed by atoms with E-state index in [9.17, 15) is 13.2 Å². The normalized spacial score (nSPS) is 15.2. The monoisotopic (exact) mass is 459 g/mol. The van der Waals surface area contributed by atoms with Crippen LogP contribution in [-0.2, 0) is 14.8 Å². The van der Waals surface area contributed by atoms with Gasteiger partial charge in [0, 0.05) is 42.8 Å². The van der Waals surface area contributed by atoms with Crippen LogP contribution in [0.25, 0.3) is 10.9 Å². The highest BCUT2D eigenvalue weighted by Crippen LogP contribution is 2.25. The van der Waals surface area contributed by atoms with Gasteiger partial charge in [-0.25, -0.2) is 8.42 Å². The first-order chi connectivity index (χ1) is 14.8. The Morgan fingerprint density at radius 3 is 2.52 bits per heavy atom. The van der Waals surface area contributed by atoms with Crippen LogP contribution in [0.4, 0.5) is 0 Å². The zero-order valence-electron chi connectivity index (χ0n) is 17.0. The Labute approximate surface area is 186 Å². The summed E-state index contributed by atoms with van der Waals surface area (Å²) >= 11 is 5.84. The molecule has 162 valence electrons. The van der Waals surface area contributed by atoms with Crippen LogP contribution >= 0.6 is 11.6 Å². The summed E-state index contributed by atoms with van der Waals surface area (Å²) in [4.78, 5) is 18.6. The number of hydrogen-bond acceptors (Lipinski definition) is 5. The molecule has 1 aliphatic rings. The van der Waals surface area contributed by atoms with Crippen LogP contribution in [0.3, 0.4) is 0 Å². The maximum atomic E-state index is 13.2. The van der Waals surface area contributed by atoms with Gasteiger partial charge < -0.3 is 9.64 Å². The van der Waals surface area contributed by atoms with E-state index >= 15 is 0 Å². The van der Waals surface area contributed by atoms with Crippen LogP contribution in [-0.4, -0.2) is 61.3 Å². The van der Waals surface area contributed by atoms with Crippen molar-refractivity contribution in [2.24, 2.45) is 0 Å². The number of pyridine rings is 1. The first-order valence-corrected chi connectivity index (χ1v) is 11.7. The lowest BCUT2D eigenvalue weighted by atomic mass is 10.2. The molecule has 4 rings (SSSR count). The van der Waals surface area contributed by atoms with E-state index in [0.717, 1.165) is 10.9 Å². The Morgan fingerprint density at radius 1 is 1.10 bits per heavy atom. The predicted molar refractivity (Wildman–Crippen MR) is 119 cm³/mol. The maximum absolute atomic E-state index is 13.2. The van der Waals surface area contributed by atoms with Crippen molar-refractivity contribution in [3.05, 3.63) is 65.3 Å². The summed E-state index contributed by atoms with van der Waals surface area (Å²) in [6, 6.07) is 13.8. The minimum Gasteiger partial charge on any atom is -0.484 e. The molecule has 0 bridgehead atoms. The molecule has 2 aromatic carbocycles. The van der Waals surface area contributed by atoms with Crippen molar-refractivity contribution in [3.8, 4) is 5.75 Å². The van der Waals surface area contributed by atoms with Gasteiger partial charge in [0.25, 0.3) is 5.91 Å².